The van der Waals surface area contributed by atoms with Gasteiger partial charge in [-0.2, -0.15) is 0 Å². The molecule has 0 aromatic heterocycles. The summed E-state index contributed by atoms with van der Waals surface area (Å²) in [5, 5.41) is 7.35. The molecule has 1 aromatic rings. The van der Waals surface area contributed by atoms with Gasteiger partial charge in [-0.05, 0) is 5.56 Å². The highest BCUT2D eigenvalue weighted by Gasteiger charge is 2.33. The van der Waals surface area contributed by atoms with Crippen molar-refractivity contribution in [2.75, 3.05) is 5.75 Å². The Kier molecular flexibility index (Phi) is 3.69. The van der Waals surface area contributed by atoms with Gasteiger partial charge in [0.25, 0.3) is 0 Å². The van der Waals surface area contributed by atoms with Crippen LogP contribution in [-0.2, 0) is 14.6 Å². The van der Waals surface area contributed by atoms with Crippen LogP contribution in [0.15, 0.2) is 30.3 Å². The fourth-order valence-electron chi connectivity index (χ4n) is 1.33. The fraction of sp³-hybridized carbons (Fsp3) is 0.182. The van der Waals surface area contributed by atoms with E-state index in [-0.39, 0.29) is 5.56 Å². The first-order chi connectivity index (χ1) is 7.49. The zero-order valence-electron chi connectivity index (χ0n) is 8.33. The summed E-state index contributed by atoms with van der Waals surface area (Å²) < 4.78 is 23.3. The van der Waals surface area contributed by atoms with Crippen molar-refractivity contribution < 1.29 is 18.3 Å². The molecule has 1 aromatic carbocycles. The molecule has 0 heterocycles. The maximum atomic E-state index is 11.6. The number of aliphatic carboxylic acids is 1. The minimum atomic E-state index is -3.86. The minimum absolute atomic E-state index is 0.213. The minimum Gasteiger partial charge on any atom is -0.480 e. The van der Waals surface area contributed by atoms with Crippen LogP contribution in [0.25, 0.3) is 0 Å². The number of hydrogen-bond acceptors (Lipinski definition) is 3. The van der Waals surface area contributed by atoms with Crippen LogP contribution < -0.4 is 0 Å². The van der Waals surface area contributed by atoms with Crippen molar-refractivity contribution >= 4 is 15.8 Å². The van der Waals surface area contributed by atoms with Crippen molar-refractivity contribution in [1.29, 1.82) is 0 Å². The van der Waals surface area contributed by atoms with Crippen molar-refractivity contribution in [2.45, 2.75) is 5.25 Å². The van der Waals surface area contributed by atoms with Gasteiger partial charge in [-0.15, -0.1) is 6.42 Å². The molecule has 0 saturated heterocycles. The summed E-state index contributed by atoms with van der Waals surface area (Å²) in [6.45, 7) is 0. The lowest BCUT2D eigenvalue weighted by Gasteiger charge is -2.11. The standard InChI is InChI=1S/C11H10O4S/c1-2-8-16(14,15)10(11(12)13)9-6-4-3-5-7-9/h1,3-7,10H,8H2,(H,12,13). The molecule has 0 amide bonds. The number of terminal acetylenes is 1. The van der Waals surface area contributed by atoms with Gasteiger partial charge in [-0.1, -0.05) is 36.3 Å². The van der Waals surface area contributed by atoms with Crippen LogP contribution in [0.5, 0.6) is 0 Å². The zero-order valence-corrected chi connectivity index (χ0v) is 9.15. The van der Waals surface area contributed by atoms with Crippen molar-refractivity contribution in [3.8, 4) is 12.3 Å². The highest BCUT2D eigenvalue weighted by molar-refractivity contribution is 7.92. The van der Waals surface area contributed by atoms with Crippen LogP contribution in [0.3, 0.4) is 0 Å². The lowest BCUT2D eigenvalue weighted by Crippen LogP contribution is -2.23. The van der Waals surface area contributed by atoms with Crippen LogP contribution in [0.1, 0.15) is 10.8 Å². The molecule has 0 spiro atoms. The summed E-state index contributed by atoms with van der Waals surface area (Å²) >= 11 is 0. The van der Waals surface area contributed by atoms with Crippen LogP contribution in [-0.4, -0.2) is 25.2 Å². The highest BCUT2D eigenvalue weighted by Crippen LogP contribution is 2.22. The van der Waals surface area contributed by atoms with Gasteiger partial charge in [0.1, 0.15) is 5.75 Å². The van der Waals surface area contributed by atoms with E-state index in [4.69, 9.17) is 11.5 Å². The van der Waals surface area contributed by atoms with Gasteiger partial charge >= 0.3 is 5.97 Å². The van der Waals surface area contributed by atoms with Gasteiger partial charge in [-0.25, -0.2) is 8.42 Å². The molecule has 1 N–H and O–H groups in total. The fourth-order valence-corrected chi connectivity index (χ4v) is 2.61. The van der Waals surface area contributed by atoms with Gasteiger partial charge in [-0.3, -0.25) is 4.79 Å². The maximum absolute atomic E-state index is 11.6. The Morgan fingerprint density at radius 3 is 2.38 bits per heavy atom. The monoisotopic (exact) mass is 238 g/mol. The normalized spacial score (nSPS) is 12.7. The summed E-state index contributed by atoms with van der Waals surface area (Å²) in [5.74, 6) is -0.0380. The number of benzene rings is 1. The van der Waals surface area contributed by atoms with E-state index in [0.717, 1.165) is 0 Å². The third kappa shape index (κ3) is 2.61. The molecule has 0 aliphatic rings. The molecular weight excluding hydrogens is 228 g/mol. The SMILES string of the molecule is C#CCS(=O)(=O)C(C(=O)O)c1ccccc1. The number of carboxylic acid groups (broad SMARTS) is 1. The van der Waals surface area contributed by atoms with E-state index in [1.54, 1.807) is 18.2 Å². The zero-order chi connectivity index (χ0) is 12.2. The van der Waals surface area contributed by atoms with Crippen molar-refractivity contribution in [1.82, 2.24) is 0 Å². The lowest BCUT2D eigenvalue weighted by atomic mass is 10.1. The molecule has 1 rings (SSSR count). The number of carbonyl (C=O) groups is 1. The lowest BCUT2D eigenvalue weighted by molar-refractivity contribution is -0.136. The number of carboxylic acids is 1. The largest absolute Gasteiger partial charge is 0.480 e. The Hall–Kier alpha value is -1.80. The molecule has 0 bridgehead atoms. The van der Waals surface area contributed by atoms with Gasteiger partial charge in [0, 0.05) is 0 Å². The molecule has 0 fully saturated rings. The van der Waals surface area contributed by atoms with Crippen LogP contribution >= 0.6 is 0 Å². The molecule has 1 atom stereocenters. The Morgan fingerprint density at radius 1 is 1.38 bits per heavy atom. The predicted octanol–water partition coefficient (Wildman–Crippen LogP) is 0.860. The van der Waals surface area contributed by atoms with Gasteiger partial charge in [0.05, 0.1) is 0 Å². The van der Waals surface area contributed by atoms with Crippen molar-refractivity contribution in [2.24, 2.45) is 0 Å². The predicted molar refractivity (Wildman–Crippen MR) is 59.4 cm³/mol. The van der Waals surface area contributed by atoms with Crippen molar-refractivity contribution in [3.05, 3.63) is 35.9 Å². The first kappa shape index (κ1) is 12.3. The van der Waals surface area contributed by atoms with Gasteiger partial charge in [0.15, 0.2) is 15.1 Å². The molecule has 0 saturated carbocycles. The maximum Gasteiger partial charge on any atom is 0.326 e. The van der Waals surface area contributed by atoms with Crippen LogP contribution in [0.2, 0.25) is 0 Å². The smallest absolute Gasteiger partial charge is 0.326 e. The molecule has 5 heteroatoms. The summed E-state index contributed by atoms with van der Waals surface area (Å²) in [7, 11) is -3.86. The third-order valence-corrected chi connectivity index (χ3v) is 3.73. The highest BCUT2D eigenvalue weighted by atomic mass is 32.2. The van der Waals surface area contributed by atoms with E-state index in [2.05, 4.69) is 0 Å². The van der Waals surface area contributed by atoms with Gasteiger partial charge in [0.2, 0.25) is 0 Å². The average molecular weight is 238 g/mol. The second kappa shape index (κ2) is 4.81. The molecule has 0 aliphatic heterocycles. The molecule has 84 valence electrons. The number of sulfone groups is 1. The Bertz CT molecular complexity index is 511. The van der Waals surface area contributed by atoms with Crippen LogP contribution in [0, 0.1) is 12.3 Å². The first-order valence-electron chi connectivity index (χ1n) is 4.42. The molecule has 0 radical (unpaired) electrons. The molecule has 0 aliphatic carbocycles. The van der Waals surface area contributed by atoms with E-state index in [1.165, 1.54) is 12.1 Å². The Labute approximate surface area is 93.8 Å². The van der Waals surface area contributed by atoms with Crippen LogP contribution in [0.4, 0.5) is 0 Å². The van der Waals surface area contributed by atoms with E-state index in [9.17, 15) is 13.2 Å². The summed E-state index contributed by atoms with van der Waals surface area (Å²) in [4.78, 5) is 11.0. The average Bonchev–Trinajstić information content (AvgIpc) is 2.17. The van der Waals surface area contributed by atoms with E-state index >= 15 is 0 Å². The van der Waals surface area contributed by atoms with Gasteiger partial charge < -0.3 is 5.11 Å². The van der Waals surface area contributed by atoms with E-state index in [1.807, 2.05) is 5.92 Å². The van der Waals surface area contributed by atoms with E-state index < -0.39 is 26.8 Å². The van der Waals surface area contributed by atoms with Crippen molar-refractivity contribution in [3.63, 3.8) is 0 Å². The number of rotatable bonds is 4. The topological polar surface area (TPSA) is 71.4 Å². The summed E-state index contributed by atoms with van der Waals surface area (Å²) in [6.07, 6.45) is 4.91. The van der Waals surface area contributed by atoms with E-state index in [0.29, 0.717) is 0 Å². The molecule has 1 unspecified atom stereocenters. The third-order valence-electron chi connectivity index (χ3n) is 1.97. The second-order valence-corrected chi connectivity index (χ2v) is 5.23. The quantitative estimate of drug-likeness (QED) is 0.790. The number of hydrogen-bond donors (Lipinski definition) is 1. The second-order valence-electron chi connectivity index (χ2n) is 3.14. The summed E-state index contributed by atoms with van der Waals surface area (Å²) in [6, 6.07) is 7.74. The molecular formula is C11H10O4S. The Balaban J connectivity index is 3.23. The first-order valence-corrected chi connectivity index (χ1v) is 6.13. The Morgan fingerprint density at radius 2 is 1.94 bits per heavy atom. The molecule has 4 nitrogen and oxygen atoms in total. The molecule has 16 heavy (non-hydrogen) atoms. The summed E-state index contributed by atoms with van der Waals surface area (Å²) in [5.41, 5.74) is 0.213.